The Balaban J connectivity index is 1.72. The second kappa shape index (κ2) is 6.48. The maximum absolute atomic E-state index is 12.9. The summed E-state index contributed by atoms with van der Waals surface area (Å²) in [5.74, 6) is -0.112. The molecule has 6 nitrogen and oxygen atoms in total. The molecule has 140 valence electrons. The number of hydrogen-bond acceptors (Lipinski definition) is 6. The first-order valence-corrected chi connectivity index (χ1v) is 8.99. The van der Waals surface area contributed by atoms with E-state index in [2.05, 4.69) is 0 Å². The van der Waals surface area contributed by atoms with E-state index in [-0.39, 0.29) is 40.9 Å². The van der Waals surface area contributed by atoms with Crippen LogP contribution >= 0.6 is 0 Å². The van der Waals surface area contributed by atoms with Gasteiger partial charge < -0.3 is 20.3 Å². The van der Waals surface area contributed by atoms with E-state index >= 15 is 0 Å². The van der Waals surface area contributed by atoms with Crippen LogP contribution in [-0.2, 0) is 4.74 Å². The molecule has 2 aromatic carbocycles. The number of carbonyl (C=O) groups excluding carboxylic acids is 2. The molecule has 4 atom stereocenters. The van der Waals surface area contributed by atoms with Gasteiger partial charge in [0.1, 0.15) is 11.9 Å². The number of ketones is 2. The Hall–Kier alpha value is -2.70. The number of aliphatic hydroxyl groups is 1. The summed E-state index contributed by atoms with van der Waals surface area (Å²) in [5.41, 5.74) is 7.64. The van der Waals surface area contributed by atoms with Crippen molar-refractivity contribution in [2.45, 2.75) is 38.8 Å². The van der Waals surface area contributed by atoms with E-state index in [0.29, 0.717) is 28.9 Å². The Morgan fingerprint density at radius 1 is 1.04 bits per heavy atom. The molecule has 0 amide bonds. The molecule has 0 aromatic heterocycles. The summed E-state index contributed by atoms with van der Waals surface area (Å²) in [7, 11) is 0. The lowest BCUT2D eigenvalue weighted by Crippen LogP contribution is -2.45. The molecule has 3 N–H and O–H groups in total. The molecule has 1 aliphatic carbocycles. The zero-order valence-electron chi connectivity index (χ0n) is 15.1. The van der Waals surface area contributed by atoms with Gasteiger partial charge in [-0.3, -0.25) is 9.59 Å². The quantitative estimate of drug-likeness (QED) is 0.676. The van der Waals surface area contributed by atoms with Gasteiger partial charge in [-0.2, -0.15) is 0 Å². The molecule has 6 heteroatoms. The Kier molecular flexibility index (Phi) is 4.25. The maximum Gasteiger partial charge on any atom is 0.196 e. The number of nitrogens with two attached hydrogens (primary N) is 1. The molecular weight excluding hydrogens is 346 g/mol. The van der Waals surface area contributed by atoms with Gasteiger partial charge in [-0.05, 0) is 19.1 Å². The highest BCUT2D eigenvalue weighted by atomic mass is 16.6. The molecule has 0 bridgehead atoms. The third kappa shape index (κ3) is 2.81. The summed E-state index contributed by atoms with van der Waals surface area (Å²) in [6.07, 6.45) is -1.02. The first kappa shape index (κ1) is 17.7. The van der Waals surface area contributed by atoms with E-state index in [9.17, 15) is 14.7 Å². The molecule has 27 heavy (non-hydrogen) atoms. The first-order valence-electron chi connectivity index (χ1n) is 8.99. The van der Waals surface area contributed by atoms with Crippen molar-refractivity contribution in [3.63, 3.8) is 0 Å². The van der Waals surface area contributed by atoms with Crippen LogP contribution in [0.3, 0.4) is 0 Å². The molecule has 2 aromatic rings. The lowest BCUT2D eigenvalue weighted by molar-refractivity contribution is -0.204. The normalized spacial score (nSPS) is 27.1. The minimum absolute atomic E-state index is 0.0391. The van der Waals surface area contributed by atoms with Crippen molar-refractivity contribution in [1.82, 2.24) is 0 Å². The molecule has 3 unspecified atom stereocenters. The fourth-order valence-electron chi connectivity index (χ4n) is 3.95. The van der Waals surface area contributed by atoms with Gasteiger partial charge in [0, 0.05) is 29.0 Å². The lowest BCUT2D eigenvalue weighted by atomic mass is 9.83. The summed E-state index contributed by atoms with van der Waals surface area (Å²) in [5, 5.41) is 9.72. The number of ether oxygens (including phenoxy) is 2. The molecule has 1 fully saturated rings. The van der Waals surface area contributed by atoms with Crippen LogP contribution in [0.15, 0.2) is 36.4 Å². The summed E-state index contributed by atoms with van der Waals surface area (Å²) in [4.78, 5) is 25.7. The predicted molar refractivity (Wildman–Crippen MR) is 98.9 cm³/mol. The maximum atomic E-state index is 12.9. The van der Waals surface area contributed by atoms with Gasteiger partial charge in [-0.15, -0.1) is 0 Å². The summed E-state index contributed by atoms with van der Waals surface area (Å²) in [6.45, 7) is 3.79. The number of benzene rings is 2. The SMILES string of the molecule is CC1CC(O)OC(C)[C@@H]1Oc1ccc2c(c1N)C(=O)c1ccccc1C2=O. The van der Waals surface area contributed by atoms with E-state index in [1.54, 1.807) is 36.4 Å². The van der Waals surface area contributed by atoms with Crippen molar-refractivity contribution in [1.29, 1.82) is 0 Å². The van der Waals surface area contributed by atoms with E-state index < -0.39 is 6.29 Å². The molecule has 0 spiro atoms. The molecule has 1 heterocycles. The molecule has 0 radical (unpaired) electrons. The minimum atomic E-state index is -0.813. The van der Waals surface area contributed by atoms with E-state index in [0.717, 1.165) is 0 Å². The highest BCUT2D eigenvalue weighted by Gasteiger charge is 2.37. The summed E-state index contributed by atoms with van der Waals surface area (Å²) in [6, 6.07) is 9.94. The molecular formula is C21H21NO5. The van der Waals surface area contributed by atoms with Gasteiger partial charge in [-0.1, -0.05) is 31.2 Å². The zero-order valence-corrected chi connectivity index (χ0v) is 15.1. The van der Waals surface area contributed by atoms with Crippen LogP contribution in [0.4, 0.5) is 5.69 Å². The van der Waals surface area contributed by atoms with E-state index in [4.69, 9.17) is 15.2 Å². The molecule has 0 saturated carbocycles. The smallest absolute Gasteiger partial charge is 0.196 e. The van der Waals surface area contributed by atoms with Crippen molar-refractivity contribution >= 4 is 17.3 Å². The average molecular weight is 367 g/mol. The molecule has 4 rings (SSSR count). The largest absolute Gasteiger partial charge is 0.485 e. The second-order valence-electron chi connectivity index (χ2n) is 7.20. The van der Waals surface area contributed by atoms with Crippen molar-refractivity contribution in [3.05, 3.63) is 58.7 Å². The van der Waals surface area contributed by atoms with Crippen molar-refractivity contribution in [3.8, 4) is 5.75 Å². The van der Waals surface area contributed by atoms with Crippen LogP contribution in [0.1, 0.15) is 52.1 Å². The minimum Gasteiger partial charge on any atom is -0.485 e. The van der Waals surface area contributed by atoms with Crippen LogP contribution in [0.2, 0.25) is 0 Å². The van der Waals surface area contributed by atoms with Crippen molar-refractivity contribution < 1.29 is 24.2 Å². The van der Waals surface area contributed by atoms with Crippen molar-refractivity contribution in [2.24, 2.45) is 5.92 Å². The number of nitrogen functional groups attached to an aromatic ring is 1. The first-order chi connectivity index (χ1) is 12.9. The molecule has 1 aliphatic heterocycles. The highest BCUT2D eigenvalue weighted by molar-refractivity contribution is 6.30. The third-order valence-electron chi connectivity index (χ3n) is 5.33. The highest BCUT2D eigenvalue weighted by Crippen LogP contribution is 2.38. The lowest BCUT2D eigenvalue weighted by Gasteiger charge is -2.37. The van der Waals surface area contributed by atoms with E-state index in [1.807, 2.05) is 13.8 Å². The van der Waals surface area contributed by atoms with Crippen molar-refractivity contribution in [2.75, 3.05) is 5.73 Å². The Labute approximate surface area is 156 Å². The van der Waals surface area contributed by atoms with Crippen LogP contribution in [0, 0.1) is 5.92 Å². The fourth-order valence-corrected chi connectivity index (χ4v) is 3.95. The number of hydrogen-bond donors (Lipinski definition) is 2. The van der Waals surface area contributed by atoms with E-state index in [1.165, 1.54) is 0 Å². The molecule has 1 saturated heterocycles. The Morgan fingerprint density at radius 3 is 2.37 bits per heavy atom. The Morgan fingerprint density at radius 2 is 1.70 bits per heavy atom. The zero-order chi connectivity index (χ0) is 19.3. The van der Waals surface area contributed by atoms with Gasteiger partial charge in [0.2, 0.25) is 0 Å². The fraction of sp³-hybridized carbons (Fsp3) is 0.333. The van der Waals surface area contributed by atoms with Crippen LogP contribution < -0.4 is 10.5 Å². The van der Waals surface area contributed by atoms with Crippen LogP contribution in [0.25, 0.3) is 0 Å². The number of rotatable bonds is 2. The van der Waals surface area contributed by atoms with Gasteiger partial charge >= 0.3 is 0 Å². The van der Waals surface area contributed by atoms with Gasteiger partial charge in [0.05, 0.1) is 17.4 Å². The number of anilines is 1. The summed E-state index contributed by atoms with van der Waals surface area (Å²) >= 11 is 0. The number of carbonyl (C=O) groups is 2. The third-order valence-corrected chi connectivity index (χ3v) is 5.33. The van der Waals surface area contributed by atoms with Gasteiger partial charge in [0.15, 0.2) is 17.9 Å². The van der Waals surface area contributed by atoms with Gasteiger partial charge in [-0.25, -0.2) is 0 Å². The second-order valence-corrected chi connectivity index (χ2v) is 7.20. The Bertz CT molecular complexity index is 926. The van der Waals surface area contributed by atoms with Gasteiger partial charge in [0.25, 0.3) is 0 Å². The van der Waals surface area contributed by atoms with Crippen LogP contribution in [-0.4, -0.2) is 35.2 Å². The summed E-state index contributed by atoms with van der Waals surface area (Å²) < 4.78 is 11.5. The molecule has 2 aliphatic rings. The predicted octanol–water partition coefficient (Wildman–Crippen LogP) is 2.55. The van der Waals surface area contributed by atoms with Crippen LogP contribution in [0.5, 0.6) is 5.75 Å². The average Bonchev–Trinajstić information content (AvgIpc) is 2.63. The number of aliphatic hydroxyl groups excluding tert-OH is 1. The monoisotopic (exact) mass is 367 g/mol. The standard InChI is InChI=1S/C21H21NO5/c1-10-9-16(23)26-11(2)21(10)27-15-8-7-14-17(18(15)22)20(25)13-6-4-3-5-12(13)19(14)24/h3-8,10-11,16,21,23H,9,22H2,1-2H3/t10?,11?,16?,21-/m1/s1. The topological polar surface area (TPSA) is 98.8 Å². The number of fused-ring (bicyclic) bond motifs is 2.